The van der Waals surface area contributed by atoms with Crippen LogP contribution in [-0.2, 0) is 12.8 Å². The van der Waals surface area contributed by atoms with Crippen LogP contribution in [-0.4, -0.2) is 13.7 Å². The van der Waals surface area contributed by atoms with Crippen LogP contribution in [0.15, 0.2) is 48.5 Å². The molecule has 1 unspecified atom stereocenters. The molecule has 0 saturated carbocycles. The van der Waals surface area contributed by atoms with Crippen LogP contribution in [0.1, 0.15) is 11.1 Å². The Kier molecular flexibility index (Phi) is 5.45. The minimum Gasteiger partial charge on any atom is -0.497 e. The lowest BCUT2D eigenvalue weighted by molar-refractivity contribution is 0.413. The van der Waals surface area contributed by atoms with Crippen molar-refractivity contribution in [2.45, 2.75) is 12.8 Å². The molecule has 0 amide bonds. The van der Waals surface area contributed by atoms with Gasteiger partial charge >= 0.3 is 0 Å². The number of hydrogen-bond donors (Lipinski definition) is 1. The highest BCUT2D eigenvalue weighted by molar-refractivity contribution is 6.30. The predicted octanol–water partition coefficient (Wildman–Crippen LogP) is 3.71. The summed E-state index contributed by atoms with van der Waals surface area (Å²) in [6, 6.07) is 16.2. The van der Waals surface area contributed by atoms with Gasteiger partial charge in [0.05, 0.1) is 7.11 Å². The van der Waals surface area contributed by atoms with Gasteiger partial charge in [0, 0.05) is 5.02 Å². The molecule has 0 aliphatic rings. The second-order valence-electron chi connectivity index (χ2n) is 4.99. The first kappa shape index (κ1) is 14.9. The van der Waals surface area contributed by atoms with E-state index in [4.69, 9.17) is 22.1 Å². The van der Waals surface area contributed by atoms with Crippen LogP contribution in [0.4, 0.5) is 0 Å². The maximum Gasteiger partial charge on any atom is 0.119 e. The van der Waals surface area contributed by atoms with Crippen LogP contribution in [0.25, 0.3) is 0 Å². The van der Waals surface area contributed by atoms with Gasteiger partial charge in [0.1, 0.15) is 5.75 Å². The van der Waals surface area contributed by atoms with Crippen molar-refractivity contribution >= 4 is 11.6 Å². The molecular formula is C17H20ClNO. The summed E-state index contributed by atoms with van der Waals surface area (Å²) in [4.78, 5) is 0. The standard InChI is InChI=1S/C17H20ClNO/c1-20-17-4-2-3-14(11-17)10-15(12-19)9-13-5-7-16(18)8-6-13/h2-8,11,15H,9-10,12,19H2,1H3. The van der Waals surface area contributed by atoms with Crippen LogP contribution in [0.5, 0.6) is 5.75 Å². The Morgan fingerprint density at radius 2 is 1.75 bits per heavy atom. The Morgan fingerprint density at radius 1 is 1.05 bits per heavy atom. The Labute approximate surface area is 125 Å². The van der Waals surface area contributed by atoms with Crippen molar-refractivity contribution in [3.63, 3.8) is 0 Å². The molecule has 2 nitrogen and oxygen atoms in total. The van der Waals surface area contributed by atoms with E-state index in [1.54, 1.807) is 7.11 Å². The summed E-state index contributed by atoms with van der Waals surface area (Å²) in [5.74, 6) is 1.31. The Balaban J connectivity index is 2.02. The van der Waals surface area contributed by atoms with E-state index >= 15 is 0 Å². The average molecular weight is 290 g/mol. The second kappa shape index (κ2) is 7.32. The van der Waals surface area contributed by atoms with Crippen LogP contribution < -0.4 is 10.5 Å². The van der Waals surface area contributed by atoms with E-state index < -0.39 is 0 Å². The first-order chi connectivity index (χ1) is 9.71. The van der Waals surface area contributed by atoms with Crippen LogP contribution in [0.2, 0.25) is 5.02 Å². The number of halogens is 1. The highest BCUT2D eigenvalue weighted by atomic mass is 35.5. The van der Waals surface area contributed by atoms with Gasteiger partial charge < -0.3 is 10.5 Å². The van der Waals surface area contributed by atoms with E-state index in [9.17, 15) is 0 Å². The summed E-state index contributed by atoms with van der Waals surface area (Å²) in [5, 5.41) is 0.769. The first-order valence-corrected chi connectivity index (χ1v) is 7.16. The van der Waals surface area contributed by atoms with E-state index in [2.05, 4.69) is 24.3 Å². The normalized spacial score (nSPS) is 12.2. The molecule has 0 aromatic heterocycles. The molecule has 0 saturated heterocycles. The number of hydrogen-bond acceptors (Lipinski definition) is 2. The summed E-state index contributed by atoms with van der Waals surface area (Å²) in [6.45, 7) is 0.667. The molecule has 2 aromatic carbocycles. The quantitative estimate of drug-likeness (QED) is 0.880. The molecule has 2 aromatic rings. The van der Waals surface area contributed by atoms with Gasteiger partial charge in [0.15, 0.2) is 0 Å². The third kappa shape index (κ3) is 4.26. The fourth-order valence-electron chi connectivity index (χ4n) is 2.33. The molecule has 0 aliphatic heterocycles. The summed E-state index contributed by atoms with van der Waals surface area (Å²) in [5.41, 5.74) is 8.44. The zero-order valence-corrected chi connectivity index (χ0v) is 12.4. The van der Waals surface area contributed by atoms with Crippen molar-refractivity contribution in [3.8, 4) is 5.75 Å². The Hall–Kier alpha value is -1.51. The van der Waals surface area contributed by atoms with E-state index in [0.717, 1.165) is 23.6 Å². The number of nitrogens with two attached hydrogens (primary N) is 1. The zero-order chi connectivity index (χ0) is 14.4. The highest BCUT2D eigenvalue weighted by Crippen LogP contribution is 2.19. The Bertz CT molecular complexity index is 539. The molecule has 1 atom stereocenters. The monoisotopic (exact) mass is 289 g/mol. The summed E-state index contributed by atoms with van der Waals surface area (Å²) in [6.07, 6.45) is 1.92. The molecule has 0 aliphatic carbocycles. The van der Waals surface area contributed by atoms with Crippen molar-refractivity contribution in [1.82, 2.24) is 0 Å². The molecule has 3 heteroatoms. The van der Waals surface area contributed by atoms with E-state index in [1.807, 2.05) is 24.3 Å². The average Bonchev–Trinajstić information content (AvgIpc) is 2.49. The van der Waals surface area contributed by atoms with Gasteiger partial charge in [0.25, 0.3) is 0 Å². The second-order valence-corrected chi connectivity index (χ2v) is 5.42. The summed E-state index contributed by atoms with van der Waals surface area (Å²) in [7, 11) is 1.69. The highest BCUT2D eigenvalue weighted by Gasteiger charge is 2.09. The molecule has 0 fully saturated rings. The van der Waals surface area contributed by atoms with Crippen LogP contribution >= 0.6 is 11.6 Å². The summed E-state index contributed by atoms with van der Waals surface area (Å²) >= 11 is 5.91. The van der Waals surface area contributed by atoms with Gasteiger partial charge in [-0.05, 0) is 60.7 Å². The molecule has 20 heavy (non-hydrogen) atoms. The molecule has 0 bridgehead atoms. The molecule has 0 heterocycles. The van der Waals surface area contributed by atoms with Crippen molar-refractivity contribution in [3.05, 3.63) is 64.7 Å². The Morgan fingerprint density at radius 3 is 2.40 bits per heavy atom. The van der Waals surface area contributed by atoms with Gasteiger partial charge in [-0.25, -0.2) is 0 Å². The predicted molar refractivity (Wildman–Crippen MR) is 84.4 cm³/mol. The zero-order valence-electron chi connectivity index (χ0n) is 11.7. The lowest BCUT2D eigenvalue weighted by Gasteiger charge is -2.15. The first-order valence-electron chi connectivity index (χ1n) is 6.78. The van der Waals surface area contributed by atoms with Crippen LogP contribution in [0.3, 0.4) is 0 Å². The fraction of sp³-hybridized carbons (Fsp3) is 0.294. The van der Waals surface area contributed by atoms with Gasteiger partial charge in [-0.3, -0.25) is 0 Å². The molecular weight excluding hydrogens is 270 g/mol. The summed E-state index contributed by atoms with van der Waals surface area (Å²) < 4.78 is 5.26. The maximum atomic E-state index is 5.91. The van der Waals surface area contributed by atoms with E-state index in [-0.39, 0.29) is 0 Å². The van der Waals surface area contributed by atoms with E-state index in [1.165, 1.54) is 11.1 Å². The van der Waals surface area contributed by atoms with Gasteiger partial charge in [0.2, 0.25) is 0 Å². The number of benzene rings is 2. The molecule has 2 N–H and O–H groups in total. The van der Waals surface area contributed by atoms with Gasteiger partial charge in [-0.2, -0.15) is 0 Å². The third-order valence-corrected chi connectivity index (χ3v) is 3.68. The van der Waals surface area contributed by atoms with Crippen molar-refractivity contribution < 1.29 is 4.74 Å². The third-order valence-electron chi connectivity index (χ3n) is 3.43. The largest absolute Gasteiger partial charge is 0.497 e. The van der Waals surface area contributed by atoms with Gasteiger partial charge in [-0.1, -0.05) is 35.9 Å². The molecule has 0 spiro atoms. The van der Waals surface area contributed by atoms with Gasteiger partial charge in [-0.15, -0.1) is 0 Å². The van der Waals surface area contributed by atoms with Crippen LogP contribution in [0, 0.1) is 5.92 Å². The SMILES string of the molecule is COc1cccc(CC(CN)Cc2ccc(Cl)cc2)c1. The smallest absolute Gasteiger partial charge is 0.119 e. The number of ether oxygens (including phenoxy) is 1. The topological polar surface area (TPSA) is 35.2 Å². The lowest BCUT2D eigenvalue weighted by atomic mass is 9.92. The number of rotatable bonds is 6. The minimum absolute atomic E-state index is 0.420. The molecule has 106 valence electrons. The van der Waals surface area contributed by atoms with Crippen molar-refractivity contribution in [2.24, 2.45) is 11.7 Å². The molecule has 0 radical (unpaired) electrons. The van der Waals surface area contributed by atoms with Crippen molar-refractivity contribution in [1.29, 1.82) is 0 Å². The maximum absolute atomic E-state index is 5.91. The minimum atomic E-state index is 0.420. The fourth-order valence-corrected chi connectivity index (χ4v) is 2.45. The number of methoxy groups -OCH3 is 1. The van der Waals surface area contributed by atoms with Crippen molar-refractivity contribution in [2.75, 3.05) is 13.7 Å². The molecule has 2 rings (SSSR count). The lowest BCUT2D eigenvalue weighted by Crippen LogP contribution is -2.19. The van der Waals surface area contributed by atoms with E-state index in [0.29, 0.717) is 12.5 Å².